The van der Waals surface area contributed by atoms with E-state index in [1.165, 1.54) is 0 Å². The number of hydrogen-bond acceptors (Lipinski definition) is 4. The van der Waals surface area contributed by atoms with Crippen LogP contribution in [0.25, 0.3) is 10.9 Å². The summed E-state index contributed by atoms with van der Waals surface area (Å²) in [5.74, 6) is 1.23. The minimum Gasteiger partial charge on any atom is -0.497 e. The highest BCUT2D eigenvalue weighted by atomic mass is 35.5. The number of nitrogens with zero attached hydrogens (tertiary/aromatic N) is 2. The van der Waals surface area contributed by atoms with Gasteiger partial charge >= 0.3 is 0 Å². The Kier molecular flexibility index (Phi) is 5.22. The minimum atomic E-state index is -1.94. The third-order valence-corrected chi connectivity index (χ3v) is 8.25. The number of piperidine rings is 3. The molecule has 0 aliphatic carbocycles. The number of alkyl halides is 4. The minimum absolute atomic E-state index is 0.176. The molecule has 152 valence electrons. The Bertz CT molecular complexity index is 907. The number of methoxy groups -OCH3 is 1. The Hall–Kier alpha value is -0.490. The lowest BCUT2D eigenvalue weighted by atomic mass is 9.71. The van der Waals surface area contributed by atoms with Crippen molar-refractivity contribution in [3.05, 3.63) is 36.0 Å². The van der Waals surface area contributed by atoms with Gasteiger partial charge in [-0.3, -0.25) is 4.98 Å². The topological polar surface area (TPSA) is 45.6 Å². The second-order valence-corrected chi connectivity index (χ2v) is 10.4. The molecule has 0 amide bonds. The SMILES string of the molecule is CC[C@H]1CN2C(Cl)(Cl)C[C@H]1C[C@@]2(Cl)[C@@](O)(Cl)c1ccnc2ccc(OC)cc12. The van der Waals surface area contributed by atoms with Gasteiger partial charge in [-0.2, -0.15) is 0 Å². The van der Waals surface area contributed by atoms with E-state index in [1.807, 2.05) is 12.1 Å². The highest BCUT2D eigenvalue weighted by Crippen LogP contribution is 2.62. The number of hydrogen-bond donors (Lipinski definition) is 1. The van der Waals surface area contributed by atoms with Gasteiger partial charge in [-0.1, -0.05) is 59.7 Å². The molecule has 1 N–H and O–H groups in total. The molecule has 28 heavy (non-hydrogen) atoms. The molecule has 4 nitrogen and oxygen atoms in total. The summed E-state index contributed by atoms with van der Waals surface area (Å²) in [6.07, 6.45) is 3.69. The van der Waals surface area contributed by atoms with Gasteiger partial charge in [0, 0.05) is 23.7 Å². The molecule has 1 aromatic heterocycles. The second kappa shape index (κ2) is 7.04. The monoisotopic (exact) mass is 462 g/mol. The van der Waals surface area contributed by atoms with Crippen LogP contribution in [0.2, 0.25) is 0 Å². The zero-order valence-corrected chi connectivity index (χ0v) is 18.7. The number of fused-ring (bicyclic) bond motifs is 4. The van der Waals surface area contributed by atoms with E-state index in [2.05, 4.69) is 11.9 Å². The van der Waals surface area contributed by atoms with Crippen LogP contribution in [0.15, 0.2) is 30.5 Å². The highest BCUT2D eigenvalue weighted by molar-refractivity contribution is 6.48. The van der Waals surface area contributed by atoms with Crippen molar-refractivity contribution >= 4 is 57.3 Å². The molecule has 4 heterocycles. The zero-order valence-electron chi connectivity index (χ0n) is 15.6. The van der Waals surface area contributed by atoms with Crippen LogP contribution < -0.4 is 4.74 Å². The van der Waals surface area contributed by atoms with E-state index in [0.717, 1.165) is 6.42 Å². The Morgan fingerprint density at radius 1 is 1.29 bits per heavy atom. The van der Waals surface area contributed by atoms with E-state index in [4.69, 9.17) is 51.1 Å². The average molecular weight is 464 g/mol. The van der Waals surface area contributed by atoms with Crippen LogP contribution in [0.4, 0.5) is 0 Å². The van der Waals surface area contributed by atoms with E-state index < -0.39 is 14.5 Å². The lowest BCUT2D eigenvalue weighted by Gasteiger charge is -2.62. The Morgan fingerprint density at radius 3 is 2.68 bits per heavy atom. The second-order valence-electron chi connectivity index (χ2n) is 7.74. The third kappa shape index (κ3) is 3.00. The van der Waals surface area contributed by atoms with E-state index in [-0.39, 0.29) is 5.92 Å². The maximum absolute atomic E-state index is 11.7. The molecule has 0 radical (unpaired) electrons. The molecule has 2 bridgehead atoms. The van der Waals surface area contributed by atoms with Crippen molar-refractivity contribution in [2.75, 3.05) is 13.7 Å². The number of rotatable bonds is 4. The zero-order chi connectivity index (χ0) is 20.3. The molecular formula is C20H22Cl4N2O2. The summed E-state index contributed by atoms with van der Waals surface area (Å²) in [6, 6.07) is 7.11. The summed E-state index contributed by atoms with van der Waals surface area (Å²) >= 11 is 27.2. The van der Waals surface area contributed by atoms with Crippen LogP contribution in [0.1, 0.15) is 31.7 Å². The van der Waals surface area contributed by atoms with Crippen LogP contribution in [0.3, 0.4) is 0 Å². The largest absolute Gasteiger partial charge is 0.497 e. The molecule has 1 unspecified atom stereocenters. The fourth-order valence-electron chi connectivity index (χ4n) is 4.73. The molecule has 8 heteroatoms. The first-order valence-corrected chi connectivity index (χ1v) is 10.8. The smallest absolute Gasteiger partial charge is 0.197 e. The first-order chi connectivity index (χ1) is 13.1. The normalized spacial score (nSPS) is 33.6. The molecule has 3 saturated heterocycles. The standard InChI is InChI=1S/C20H22Cl4N2O2/c1-3-12-11-26-18(21,9-13(12)10-19(26,22)23)20(24,27)16-6-7-25-17-5-4-14(28-2)8-15(16)17/h4-8,12-13,27H,3,9-11H2,1-2H3/t12-,13+,18-,20+/m0/s1. The van der Waals surface area contributed by atoms with Gasteiger partial charge in [0.25, 0.3) is 0 Å². The van der Waals surface area contributed by atoms with Gasteiger partial charge in [-0.05, 0) is 48.9 Å². The summed E-state index contributed by atoms with van der Waals surface area (Å²) in [5.41, 5.74) is 1.14. The van der Waals surface area contributed by atoms with Gasteiger partial charge in [-0.15, -0.1) is 0 Å². The van der Waals surface area contributed by atoms with Gasteiger partial charge in [0.2, 0.25) is 0 Å². The molecule has 3 aliphatic rings. The van der Waals surface area contributed by atoms with Crippen molar-refractivity contribution in [2.45, 2.75) is 40.7 Å². The Balaban J connectivity index is 1.85. The van der Waals surface area contributed by atoms with Crippen molar-refractivity contribution in [2.24, 2.45) is 11.8 Å². The summed E-state index contributed by atoms with van der Waals surface area (Å²) in [6.45, 7) is 2.72. The molecule has 5 atom stereocenters. The van der Waals surface area contributed by atoms with E-state index >= 15 is 0 Å². The molecule has 3 aliphatic heterocycles. The fraction of sp³-hybridized carbons (Fsp3) is 0.550. The van der Waals surface area contributed by atoms with Gasteiger partial charge in [0.1, 0.15) is 10.7 Å². The van der Waals surface area contributed by atoms with Crippen molar-refractivity contribution < 1.29 is 9.84 Å². The molecule has 2 aromatic rings. The number of benzene rings is 1. The maximum Gasteiger partial charge on any atom is 0.197 e. The van der Waals surface area contributed by atoms with E-state index in [0.29, 0.717) is 47.5 Å². The van der Waals surface area contributed by atoms with Gasteiger partial charge < -0.3 is 9.84 Å². The molecule has 3 fully saturated rings. The van der Waals surface area contributed by atoms with Crippen molar-refractivity contribution in [1.29, 1.82) is 0 Å². The molecular weight excluding hydrogens is 442 g/mol. The van der Waals surface area contributed by atoms with Crippen LogP contribution in [-0.4, -0.2) is 38.1 Å². The number of ether oxygens (including phenoxy) is 1. The van der Waals surface area contributed by atoms with E-state index in [9.17, 15) is 5.11 Å². The summed E-state index contributed by atoms with van der Waals surface area (Å²) in [7, 11) is 1.58. The Labute approximate surface area is 184 Å². The van der Waals surface area contributed by atoms with Gasteiger partial charge in [-0.25, -0.2) is 4.90 Å². The maximum atomic E-state index is 11.7. The number of halogens is 4. The van der Waals surface area contributed by atoms with E-state index in [1.54, 1.807) is 30.3 Å². The number of pyridine rings is 1. The third-order valence-electron chi connectivity index (χ3n) is 6.28. The number of aromatic nitrogens is 1. The summed E-state index contributed by atoms with van der Waals surface area (Å²) < 4.78 is 4.15. The molecule has 0 saturated carbocycles. The first kappa shape index (κ1) is 20.8. The van der Waals surface area contributed by atoms with Crippen LogP contribution in [0.5, 0.6) is 5.75 Å². The summed E-state index contributed by atoms with van der Waals surface area (Å²) in [5, 5.41) is 10.4. The number of aliphatic hydroxyl groups is 1. The van der Waals surface area contributed by atoms with Crippen molar-refractivity contribution in [1.82, 2.24) is 9.88 Å². The van der Waals surface area contributed by atoms with Crippen LogP contribution >= 0.6 is 46.4 Å². The molecule has 5 rings (SSSR count). The first-order valence-electron chi connectivity index (χ1n) is 9.33. The van der Waals surface area contributed by atoms with Gasteiger partial charge in [0.15, 0.2) is 9.52 Å². The lowest BCUT2D eigenvalue weighted by molar-refractivity contribution is -0.121. The van der Waals surface area contributed by atoms with Crippen LogP contribution in [-0.2, 0) is 5.06 Å². The van der Waals surface area contributed by atoms with Gasteiger partial charge in [0.05, 0.1) is 12.6 Å². The highest BCUT2D eigenvalue weighted by Gasteiger charge is 2.66. The van der Waals surface area contributed by atoms with Crippen LogP contribution in [0, 0.1) is 11.8 Å². The summed E-state index contributed by atoms with van der Waals surface area (Å²) in [4.78, 5) is 4.77. The average Bonchev–Trinajstić information content (AvgIpc) is 2.66. The van der Waals surface area contributed by atoms with Crippen molar-refractivity contribution in [3.8, 4) is 5.75 Å². The lowest BCUT2D eigenvalue weighted by Crippen LogP contribution is -2.70. The fourth-order valence-corrected chi connectivity index (χ4v) is 6.50. The predicted octanol–water partition coefficient (Wildman–Crippen LogP) is 5.45. The predicted molar refractivity (Wildman–Crippen MR) is 114 cm³/mol. The molecule has 0 spiro atoms. The quantitative estimate of drug-likeness (QED) is 0.483. The Morgan fingerprint density at radius 2 is 2.04 bits per heavy atom. The van der Waals surface area contributed by atoms with Crippen molar-refractivity contribution in [3.63, 3.8) is 0 Å². The molecule has 1 aromatic carbocycles.